The van der Waals surface area contributed by atoms with Crippen molar-refractivity contribution in [3.05, 3.63) is 53.5 Å². The van der Waals surface area contributed by atoms with E-state index in [1.54, 1.807) is 6.26 Å². The molecule has 3 nitrogen and oxygen atoms in total. The highest BCUT2D eigenvalue weighted by molar-refractivity contribution is 5.41. The smallest absolute Gasteiger partial charge is 0.124 e. The maximum absolute atomic E-state index is 6.16. The van der Waals surface area contributed by atoms with Crippen LogP contribution in [0.4, 0.5) is 0 Å². The molecule has 0 fully saturated rings. The number of fused-ring (bicyclic) bond motifs is 1. The Labute approximate surface area is 100 Å². The molecule has 88 valence electrons. The van der Waals surface area contributed by atoms with Gasteiger partial charge in [-0.1, -0.05) is 12.1 Å². The summed E-state index contributed by atoms with van der Waals surface area (Å²) in [5.41, 5.74) is 8.48. The third kappa shape index (κ3) is 1.94. The molecule has 3 heteroatoms. The summed E-state index contributed by atoms with van der Waals surface area (Å²) >= 11 is 0. The number of aryl methyl sites for hydroxylation is 1. The van der Waals surface area contributed by atoms with Crippen LogP contribution in [0.25, 0.3) is 0 Å². The topological polar surface area (TPSA) is 48.4 Å². The van der Waals surface area contributed by atoms with Gasteiger partial charge in [0, 0.05) is 0 Å². The molecule has 1 aromatic carbocycles. The Hall–Kier alpha value is -1.74. The summed E-state index contributed by atoms with van der Waals surface area (Å²) < 4.78 is 10.9. The van der Waals surface area contributed by atoms with Crippen LogP contribution in [0.3, 0.4) is 0 Å². The number of rotatable bonds is 2. The van der Waals surface area contributed by atoms with Crippen LogP contribution >= 0.6 is 0 Å². The van der Waals surface area contributed by atoms with E-state index in [9.17, 15) is 0 Å². The molecule has 0 radical (unpaired) electrons. The molecular weight excluding hydrogens is 214 g/mol. The molecule has 1 unspecified atom stereocenters. The highest BCUT2D eigenvalue weighted by Crippen LogP contribution is 2.29. The maximum Gasteiger partial charge on any atom is 0.124 e. The highest BCUT2D eigenvalue weighted by atomic mass is 16.5. The van der Waals surface area contributed by atoms with Crippen LogP contribution in [0.15, 0.2) is 41.0 Å². The minimum absolute atomic E-state index is 0.197. The number of nitrogens with two attached hydrogens (primary N) is 1. The zero-order chi connectivity index (χ0) is 11.7. The lowest BCUT2D eigenvalue weighted by atomic mass is 9.98. The van der Waals surface area contributed by atoms with E-state index in [1.165, 1.54) is 5.56 Å². The van der Waals surface area contributed by atoms with E-state index >= 15 is 0 Å². The number of furan rings is 1. The van der Waals surface area contributed by atoms with E-state index in [4.69, 9.17) is 14.9 Å². The van der Waals surface area contributed by atoms with Crippen molar-refractivity contribution in [1.29, 1.82) is 0 Å². The molecule has 3 rings (SSSR count). The molecule has 17 heavy (non-hydrogen) atoms. The predicted octanol–water partition coefficient (Wildman–Crippen LogP) is 2.65. The lowest BCUT2D eigenvalue weighted by Crippen LogP contribution is -2.13. The van der Waals surface area contributed by atoms with Gasteiger partial charge in [0.1, 0.15) is 11.5 Å². The molecule has 1 atom stereocenters. The fourth-order valence-corrected chi connectivity index (χ4v) is 2.21. The molecular formula is C14H15NO2. The van der Waals surface area contributed by atoms with Crippen LogP contribution in [0.2, 0.25) is 0 Å². The summed E-state index contributed by atoms with van der Waals surface area (Å²) in [6.07, 6.45) is 3.79. The van der Waals surface area contributed by atoms with Gasteiger partial charge in [0.15, 0.2) is 0 Å². The van der Waals surface area contributed by atoms with Gasteiger partial charge >= 0.3 is 0 Å². The molecule has 0 saturated carbocycles. The summed E-state index contributed by atoms with van der Waals surface area (Å²) in [5.74, 6) is 1.79. The summed E-state index contributed by atoms with van der Waals surface area (Å²) in [5, 5.41) is 0. The zero-order valence-corrected chi connectivity index (χ0v) is 9.56. The third-order valence-corrected chi connectivity index (χ3v) is 3.14. The van der Waals surface area contributed by atoms with Crippen molar-refractivity contribution in [1.82, 2.24) is 0 Å². The molecule has 2 aromatic rings. The fraction of sp³-hybridized carbons (Fsp3) is 0.286. The highest BCUT2D eigenvalue weighted by Gasteiger charge is 2.16. The van der Waals surface area contributed by atoms with E-state index in [0.717, 1.165) is 36.5 Å². The monoisotopic (exact) mass is 229 g/mol. The van der Waals surface area contributed by atoms with Crippen molar-refractivity contribution in [3.63, 3.8) is 0 Å². The van der Waals surface area contributed by atoms with E-state index in [1.807, 2.05) is 24.3 Å². The third-order valence-electron chi connectivity index (χ3n) is 3.14. The second kappa shape index (κ2) is 4.26. The van der Waals surface area contributed by atoms with Gasteiger partial charge in [-0.15, -0.1) is 0 Å². The molecule has 0 aliphatic carbocycles. The number of hydrogen-bond acceptors (Lipinski definition) is 3. The first-order chi connectivity index (χ1) is 8.34. The van der Waals surface area contributed by atoms with Gasteiger partial charge in [0.25, 0.3) is 0 Å². The van der Waals surface area contributed by atoms with Crippen molar-refractivity contribution in [2.45, 2.75) is 18.9 Å². The summed E-state index contributed by atoms with van der Waals surface area (Å²) in [4.78, 5) is 0. The van der Waals surface area contributed by atoms with Crippen LogP contribution < -0.4 is 10.5 Å². The Kier molecular flexibility index (Phi) is 2.61. The first-order valence-electron chi connectivity index (χ1n) is 5.89. The predicted molar refractivity (Wildman–Crippen MR) is 65.0 cm³/mol. The molecule has 1 aliphatic rings. The number of ether oxygens (including phenoxy) is 1. The first-order valence-corrected chi connectivity index (χ1v) is 5.89. The van der Waals surface area contributed by atoms with Crippen LogP contribution in [0.5, 0.6) is 5.75 Å². The molecule has 0 amide bonds. The Balaban J connectivity index is 1.93. The second-order valence-electron chi connectivity index (χ2n) is 4.31. The minimum atomic E-state index is -0.197. The van der Waals surface area contributed by atoms with Crippen LogP contribution in [-0.4, -0.2) is 6.61 Å². The van der Waals surface area contributed by atoms with Gasteiger partial charge in [-0.3, -0.25) is 0 Å². The molecule has 0 bridgehead atoms. The van der Waals surface area contributed by atoms with Gasteiger partial charge in [0.05, 0.1) is 18.9 Å². The molecule has 0 saturated heterocycles. The molecule has 1 aliphatic heterocycles. The van der Waals surface area contributed by atoms with Gasteiger partial charge in [-0.05, 0) is 42.2 Å². The fourth-order valence-electron chi connectivity index (χ4n) is 2.21. The Morgan fingerprint density at radius 2 is 2.18 bits per heavy atom. The van der Waals surface area contributed by atoms with Crippen molar-refractivity contribution in [2.75, 3.05) is 6.61 Å². The van der Waals surface area contributed by atoms with Crippen molar-refractivity contribution in [2.24, 2.45) is 5.73 Å². The summed E-state index contributed by atoms with van der Waals surface area (Å²) in [6, 6.07) is 9.71. The van der Waals surface area contributed by atoms with Crippen LogP contribution in [0.1, 0.15) is 29.3 Å². The normalized spacial score (nSPS) is 16.1. The van der Waals surface area contributed by atoms with Gasteiger partial charge in [-0.2, -0.15) is 0 Å². The van der Waals surface area contributed by atoms with Crippen molar-refractivity contribution in [3.8, 4) is 5.75 Å². The van der Waals surface area contributed by atoms with E-state index in [-0.39, 0.29) is 6.04 Å². The Morgan fingerprint density at radius 1 is 1.24 bits per heavy atom. The van der Waals surface area contributed by atoms with E-state index < -0.39 is 0 Å². The molecule has 1 aromatic heterocycles. The zero-order valence-electron chi connectivity index (χ0n) is 9.56. The summed E-state index contributed by atoms with van der Waals surface area (Å²) in [7, 11) is 0. The van der Waals surface area contributed by atoms with E-state index in [0.29, 0.717) is 0 Å². The Morgan fingerprint density at radius 3 is 3.00 bits per heavy atom. The molecule has 0 spiro atoms. The lowest BCUT2D eigenvalue weighted by molar-refractivity contribution is 0.288. The molecule has 2 heterocycles. The largest absolute Gasteiger partial charge is 0.493 e. The SMILES string of the molecule is NC(c1ccc2c(c1)CCCO2)c1ccco1. The van der Waals surface area contributed by atoms with Crippen LogP contribution in [0, 0.1) is 0 Å². The molecule has 2 N–H and O–H groups in total. The Bertz CT molecular complexity index is 505. The average molecular weight is 229 g/mol. The summed E-state index contributed by atoms with van der Waals surface area (Å²) in [6.45, 7) is 0.816. The first kappa shape index (κ1) is 10.4. The van der Waals surface area contributed by atoms with Gasteiger partial charge in [-0.25, -0.2) is 0 Å². The van der Waals surface area contributed by atoms with Crippen molar-refractivity contribution < 1.29 is 9.15 Å². The maximum atomic E-state index is 6.16. The van der Waals surface area contributed by atoms with Gasteiger partial charge in [0.2, 0.25) is 0 Å². The number of benzene rings is 1. The number of hydrogen-bond donors (Lipinski definition) is 1. The second-order valence-corrected chi connectivity index (χ2v) is 4.31. The van der Waals surface area contributed by atoms with Gasteiger partial charge < -0.3 is 14.9 Å². The van der Waals surface area contributed by atoms with Crippen molar-refractivity contribution >= 4 is 0 Å². The lowest BCUT2D eigenvalue weighted by Gasteiger charge is -2.19. The van der Waals surface area contributed by atoms with Crippen LogP contribution in [-0.2, 0) is 6.42 Å². The quantitative estimate of drug-likeness (QED) is 0.861. The standard InChI is InChI=1S/C14H15NO2/c15-14(13-4-2-8-17-13)11-5-6-12-10(9-11)3-1-7-16-12/h2,4-6,8-9,14H,1,3,7,15H2. The van der Waals surface area contributed by atoms with E-state index in [2.05, 4.69) is 6.07 Å². The minimum Gasteiger partial charge on any atom is -0.493 e. The average Bonchev–Trinajstić information content (AvgIpc) is 2.91.